The van der Waals surface area contributed by atoms with Crippen molar-refractivity contribution < 1.29 is 24.2 Å². The molecule has 7 nitrogen and oxygen atoms in total. The Labute approximate surface area is 199 Å². The summed E-state index contributed by atoms with van der Waals surface area (Å²) in [7, 11) is 0. The Morgan fingerprint density at radius 1 is 1.00 bits per heavy atom. The van der Waals surface area contributed by atoms with Crippen molar-refractivity contribution in [1.29, 1.82) is 0 Å². The van der Waals surface area contributed by atoms with E-state index < -0.39 is 30.1 Å². The molecule has 3 N–H and O–H groups in total. The lowest BCUT2D eigenvalue weighted by molar-refractivity contribution is -0.144. The fraction of sp³-hybridized carbons (Fsp3) is 0.444. The van der Waals surface area contributed by atoms with Gasteiger partial charge in [-0.1, -0.05) is 75.2 Å². The Hall–Kier alpha value is -3.35. The van der Waals surface area contributed by atoms with Gasteiger partial charge in [-0.3, -0.25) is 4.79 Å². The Morgan fingerprint density at radius 3 is 2.09 bits per heavy atom. The minimum absolute atomic E-state index is 0.0214. The monoisotopic (exact) mass is 464 g/mol. The Kier molecular flexibility index (Phi) is 7.20. The lowest BCUT2D eigenvalue weighted by Gasteiger charge is -2.34. The molecule has 0 radical (unpaired) electrons. The molecule has 1 fully saturated rings. The number of carboxylic acid groups (broad SMARTS) is 1. The highest BCUT2D eigenvalue weighted by molar-refractivity contribution is 5.89. The van der Waals surface area contributed by atoms with Crippen LogP contribution >= 0.6 is 0 Å². The van der Waals surface area contributed by atoms with Crippen molar-refractivity contribution in [3.05, 3.63) is 59.7 Å². The summed E-state index contributed by atoms with van der Waals surface area (Å²) in [5.41, 5.74) is 4.51. The number of amides is 2. The van der Waals surface area contributed by atoms with Gasteiger partial charge in [-0.2, -0.15) is 0 Å². The number of hydrogen-bond donors (Lipinski definition) is 3. The van der Waals surface area contributed by atoms with Crippen LogP contribution in [0.15, 0.2) is 48.5 Å². The van der Waals surface area contributed by atoms with Crippen molar-refractivity contribution in [3.8, 4) is 11.1 Å². The molecule has 0 heterocycles. The number of fused-ring (bicyclic) bond motifs is 3. The van der Waals surface area contributed by atoms with E-state index in [2.05, 4.69) is 22.8 Å². The molecule has 0 aliphatic heterocycles. The van der Waals surface area contributed by atoms with Crippen LogP contribution in [0.4, 0.5) is 4.79 Å². The number of benzene rings is 2. The number of carboxylic acids is 1. The third kappa shape index (κ3) is 4.79. The second-order valence-electron chi connectivity index (χ2n) is 9.35. The molecule has 180 valence electrons. The molecular weight excluding hydrogens is 432 g/mol. The van der Waals surface area contributed by atoms with Gasteiger partial charge in [0.1, 0.15) is 18.7 Å². The summed E-state index contributed by atoms with van der Waals surface area (Å²) in [4.78, 5) is 37.4. The van der Waals surface area contributed by atoms with Gasteiger partial charge in [0.05, 0.1) is 0 Å². The van der Waals surface area contributed by atoms with E-state index >= 15 is 0 Å². The normalized spacial score (nSPS) is 17.5. The lowest BCUT2D eigenvalue weighted by Crippen LogP contribution is -2.57. The molecule has 2 aromatic rings. The zero-order chi connectivity index (χ0) is 24.2. The van der Waals surface area contributed by atoms with Crippen LogP contribution in [0, 0.1) is 11.8 Å². The number of ether oxygens (including phenoxy) is 1. The third-order valence-electron chi connectivity index (χ3n) is 7.30. The summed E-state index contributed by atoms with van der Waals surface area (Å²) in [6, 6.07) is 14.4. The number of carbonyl (C=O) groups is 3. The maximum absolute atomic E-state index is 13.0. The maximum Gasteiger partial charge on any atom is 0.407 e. The fourth-order valence-electron chi connectivity index (χ4n) is 4.86. The van der Waals surface area contributed by atoms with Gasteiger partial charge in [-0.05, 0) is 46.9 Å². The van der Waals surface area contributed by atoms with E-state index in [0.29, 0.717) is 6.42 Å². The lowest BCUT2D eigenvalue weighted by atomic mass is 9.79. The second-order valence-corrected chi connectivity index (χ2v) is 9.35. The molecule has 4 rings (SSSR count). The number of aliphatic carboxylic acids is 1. The molecule has 3 atom stereocenters. The minimum atomic E-state index is -1.07. The van der Waals surface area contributed by atoms with E-state index in [1.807, 2.05) is 43.3 Å². The number of nitrogens with one attached hydrogen (secondary N) is 2. The summed E-state index contributed by atoms with van der Waals surface area (Å²) < 4.78 is 5.61. The van der Waals surface area contributed by atoms with Gasteiger partial charge < -0.3 is 20.5 Å². The highest BCUT2D eigenvalue weighted by Crippen LogP contribution is 2.44. The number of alkyl carbamates (subject to hydrolysis) is 1. The van der Waals surface area contributed by atoms with Crippen LogP contribution in [-0.4, -0.2) is 41.8 Å². The van der Waals surface area contributed by atoms with Crippen molar-refractivity contribution in [2.45, 2.75) is 57.5 Å². The average Bonchev–Trinajstić information content (AvgIpc) is 3.12. The maximum atomic E-state index is 13.0. The first-order chi connectivity index (χ1) is 16.4. The molecule has 0 aromatic heterocycles. The van der Waals surface area contributed by atoms with Crippen LogP contribution in [0.5, 0.6) is 0 Å². The number of rotatable bonds is 9. The van der Waals surface area contributed by atoms with Gasteiger partial charge in [0, 0.05) is 5.92 Å². The van der Waals surface area contributed by atoms with Crippen molar-refractivity contribution in [2.24, 2.45) is 11.8 Å². The predicted octanol–water partition coefficient (Wildman–Crippen LogP) is 4.31. The molecule has 0 saturated heterocycles. The van der Waals surface area contributed by atoms with Gasteiger partial charge in [0.2, 0.25) is 5.91 Å². The second kappa shape index (κ2) is 10.3. The zero-order valence-corrected chi connectivity index (χ0v) is 19.6. The topological polar surface area (TPSA) is 105 Å². The SMILES string of the molecule is CC[C@H](C)[C@H](NC(=O)C(NC(=O)OCC1c2ccccc2-c2ccccc21)C1CCC1)C(=O)O. The predicted molar refractivity (Wildman–Crippen MR) is 128 cm³/mol. The molecule has 2 aliphatic carbocycles. The van der Waals surface area contributed by atoms with E-state index in [-0.39, 0.29) is 24.4 Å². The van der Waals surface area contributed by atoms with E-state index in [0.717, 1.165) is 41.5 Å². The van der Waals surface area contributed by atoms with Crippen LogP contribution in [0.25, 0.3) is 11.1 Å². The van der Waals surface area contributed by atoms with Crippen molar-refractivity contribution in [1.82, 2.24) is 10.6 Å². The number of hydrogen-bond acceptors (Lipinski definition) is 4. The zero-order valence-electron chi connectivity index (χ0n) is 19.6. The molecule has 0 bridgehead atoms. The van der Waals surface area contributed by atoms with Crippen LogP contribution < -0.4 is 10.6 Å². The largest absolute Gasteiger partial charge is 0.480 e. The summed E-state index contributed by atoms with van der Waals surface area (Å²) in [5, 5.41) is 14.9. The molecule has 2 amide bonds. The highest BCUT2D eigenvalue weighted by atomic mass is 16.5. The summed E-state index contributed by atoms with van der Waals surface area (Å²) in [6.07, 6.45) is 2.55. The first-order valence-electron chi connectivity index (χ1n) is 12.0. The summed E-state index contributed by atoms with van der Waals surface area (Å²) >= 11 is 0. The van der Waals surface area contributed by atoms with Gasteiger partial charge >= 0.3 is 12.1 Å². The van der Waals surface area contributed by atoms with Gasteiger partial charge in [0.15, 0.2) is 0 Å². The standard InChI is InChI=1S/C27H32N2O5/c1-3-16(2)23(26(31)32)28-25(30)24(17-9-8-10-17)29-27(33)34-15-22-20-13-6-4-11-18(20)19-12-5-7-14-21(19)22/h4-7,11-14,16-17,22-24H,3,8-10,15H2,1-2H3,(H,28,30)(H,29,33)(H,31,32)/t16-,23-,24?/m0/s1. The van der Waals surface area contributed by atoms with Gasteiger partial charge in [0.25, 0.3) is 0 Å². The van der Waals surface area contributed by atoms with Gasteiger partial charge in [-0.15, -0.1) is 0 Å². The number of carbonyl (C=O) groups excluding carboxylic acids is 2. The Morgan fingerprint density at radius 2 is 1.59 bits per heavy atom. The molecule has 2 aliphatic rings. The van der Waals surface area contributed by atoms with E-state index in [4.69, 9.17) is 4.74 Å². The van der Waals surface area contributed by atoms with Crippen LogP contribution in [0.1, 0.15) is 56.6 Å². The Balaban J connectivity index is 1.42. The molecule has 1 saturated carbocycles. The van der Waals surface area contributed by atoms with E-state index in [9.17, 15) is 19.5 Å². The quantitative estimate of drug-likeness (QED) is 0.513. The molecule has 0 spiro atoms. The minimum Gasteiger partial charge on any atom is -0.480 e. The third-order valence-corrected chi connectivity index (χ3v) is 7.30. The van der Waals surface area contributed by atoms with Crippen molar-refractivity contribution in [2.75, 3.05) is 6.61 Å². The first-order valence-corrected chi connectivity index (χ1v) is 12.0. The highest BCUT2D eigenvalue weighted by Gasteiger charge is 2.37. The van der Waals surface area contributed by atoms with E-state index in [1.165, 1.54) is 0 Å². The molecule has 7 heteroatoms. The fourth-order valence-corrected chi connectivity index (χ4v) is 4.86. The molecule has 1 unspecified atom stereocenters. The van der Waals surface area contributed by atoms with Crippen molar-refractivity contribution >= 4 is 18.0 Å². The van der Waals surface area contributed by atoms with Crippen LogP contribution in [0.3, 0.4) is 0 Å². The van der Waals surface area contributed by atoms with Crippen LogP contribution in [-0.2, 0) is 14.3 Å². The van der Waals surface area contributed by atoms with Crippen LogP contribution in [0.2, 0.25) is 0 Å². The Bertz CT molecular complexity index is 1020. The molecular formula is C27H32N2O5. The average molecular weight is 465 g/mol. The van der Waals surface area contributed by atoms with Gasteiger partial charge in [-0.25, -0.2) is 9.59 Å². The van der Waals surface area contributed by atoms with E-state index in [1.54, 1.807) is 6.92 Å². The van der Waals surface area contributed by atoms with Crippen molar-refractivity contribution in [3.63, 3.8) is 0 Å². The summed E-state index contributed by atoms with van der Waals surface area (Å²) in [5.74, 6) is -1.86. The smallest absolute Gasteiger partial charge is 0.407 e. The molecule has 2 aromatic carbocycles. The first kappa shape index (κ1) is 23.8. The summed E-state index contributed by atoms with van der Waals surface area (Å²) in [6.45, 7) is 3.82. The molecule has 34 heavy (non-hydrogen) atoms.